The second-order valence-corrected chi connectivity index (χ2v) is 5.88. The maximum atomic E-state index is 11.3. The highest BCUT2D eigenvalue weighted by Crippen LogP contribution is 2.31. The number of ketones is 1. The van der Waals surface area contributed by atoms with Crippen LogP contribution in [-0.4, -0.2) is 5.78 Å². The maximum Gasteiger partial charge on any atom is 0.159 e. The van der Waals surface area contributed by atoms with Gasteiger partial charge in [0.25, 0.3) is 0 Å². The third kappa shape index (κ3) is 3.48. The third-order valence-corrected chi connectivity index (χ3v) is 3.71. The number of carbonyl (C=O) groups excluding carboxylic acids is 1. The third-order valence-electron chi connectivity index (χ3n) is 3.09. The Labute approximate surface area is 127 Å². The van der Waals surface area contributed by atoms with Crippen molar-refractivity contribution in [3.8, 4) is 11.5 Å². The molecule has 0 aliphatic carbocycles. The summed E-state index contributed by atoms with van der Waals surface area (Å²) in [4.78, 5) is 11.3. The van der Waals surface area contributed by atoms with E-state index in [1.54, 1.807) is 19.1 Å². The Morgan fingerprint density at radius 3 is 2.50 bits per heavy atom. The molecule has 0 heterocycles. The van der Waals surface area contributed by atoms with Gasteiger partial charge in [0.1, 0.15) is 11.5 Å². The van der Waals surface area contributed by atoms with Crippen molar-refractivity contribution in [2.45, 2.75) is 26.7 Å². The number of hydrogen-bond donors (Lipinski definition) is 0. The molecule has 0 unspecified atom stereocenters. The summed E-state index contributed by atoms with van der Waals surface area (Å²) < 4.78 is 6.65. The molecule has 0 amide bonds. The van der Waals surface area contributed by atoms with Crippen LogP contribution in [0.1, 0.15) is 42.6 Å². The van der Waals surface area contributed by atoms with Gasteiger partial charge in [-0.3, -0.25) is 4.79 Å². The highest BCUT2D eigenvalue weighted by molar-refractivity contribution is 9.10. The van der Waals surface area contributed by atoms with E-state index >= 15 is 0 Å². The van der Waals surface area contributed by atoms with Crippen LogP contribution in [0.2, 0.25) is 0 Å². The molecule has 0 bridgehead atoms. The minimum atomic E-state index is 0.0408. The first kappa shape index (κ1) is 14.8. The summed E-state index contributed by atoms with van der Waals surface area (Å²) in [6, 6.07) is 13.4. The fourth-order valence-electron chi connectivity index (χ4n) is 1.87. The smallest absolute Gasteiger partial charge is 0.159 e. The largest absolute Gasteiger partial charge is 0.456 e. The van der Waals surface area contributed by atoms with E-state index in [1.165, 1.54) is 5.56 Å². The van der Waals surface area contributed by atoms with Gasteiger partial charge in [-0.05, 0) is 64.7 Å². The Kier molecular flexibility index (Phi) is 4.61. The first-order valence-corrected chi connectivity index (χ1v) is 7.35. The molecule has 2 rings (SSSR count). The highest BCUT2D eigenvalue weighted by Gasteiger charge is 2.07. The van der Waals surface area contributed by atoms with Gasteiger partial charge >= 0.3 is 0 Å². The van der Waals surface area contributed by atoms with Crippen LogP contribution >= 0.6 is 15.9 Å². The quantitative estimate of drug-likeness (QED) is 0.684. The van der Waals surface area contributed by atoms with Crippen molar-refractivity contribution >= 4 is 21.7 Å². The minimum Gasteiger partial charge on any atom is -0.456 e. The summed E-state index contributed by atoms with van der Waals surface area (Å²) in [6.45, 7) is 5.85. The van der Waals surface area contributed by atoms with Crippen molar-refractivity contribution in [3.63, 3.8) is 0 Å². The summed E-state index contributed by atoms with van der Waals surface area (Å²) >= 11 is 3.44. The van der Waals surface area contributed by atoms with E-state index in [1.807, 2.05) is 24.3 Å². The first-order valence-electron chi connectivity index (χ1n) is 6.55. The molecule has 0 radical (unpaired) electrons. The molecule has 20 heavy (non-hydrogen) atoms. The van der Waals surface area contributed by atoms with Crippen molar-refractivity contribution in [3.05, 3.63) is 58.1 Å². The summed E-state index contributed by atoms with van der Waals surface area (Å²) in [5, 5.41) is 0. The molecular formula is C17H17BrO2. The van der Waals surface area contributed by atoms with Crippen LogP contribution in [0.3, 0.4) is 0 Å². The van der Waals surface area contributed by atoms with Gasteiger partial charge in [0, 0.05) is 5.56 Å². The van der Waals surface area contributed by atoms with Gasteiger partial charge in [-0.15, -0.1) is 0 Å². The van der Waals surface area contributed by atoms with Gasteiger partial charge < -0.3 is 4.74 Å². The van der Waals surface area contributed by atoms with E-state index in [2.05, 4.69) is 35.8 Å². The summed E-state index contributed by atoms with van der Waals surface area (Å²) in [6.07, 6.45) is 0. The standard InChI is InChI=1S/C17H17BrO2/c1-11(2)13-5-4-6-15(9-13)20-17-8-7-14(12(3)19)10-16(17)18/h4-11H,1-3H3. The number of ether oxygens (including phenoxy) is 1. The molecule has 0 aliphatic rings. The zero-order valence-electron chi connectivity index (χ0n) is 11.8. The van der Waals surface area contributed by atoms with E-state index in [-0.39, 0.29) is 5.78 Å². The Balaban J connectivity index is 2.26. The normalized spacial score (nSPS) is 10.7. The van der Waals surface area contributed by atoms with Crippen molar-refractivity contribution in [2.75, 3.05) is 0 Å². The lowest BCUT2D eigenvalue weighted by Gasteiger charge is -2.11. The Morgan fingerprint density at radius 1 is 1.15 bits per heavy atom. The Morgan fingerprint density at radius 2 is 1.90 bits per heavy atom. The van der Waals surface area contributed by atoms with Crippen LogP contribution in [0.15, 0.2) is 46.9 Å². The number of Topliss-reactive ketones (excluding diaryl/α,β-unsaturated/α-hetero) is 1. The fourth-order valence-corrected chi connectivity index (χ4v) is 2.33. The number of carbonyl (C=O) groups is 1. The van der Waals surface area contributed by atoms with E-state index in [0.717, 1.165) is 10.2 Å². The minimum absolute atomic E-state index is 0.0408. The van der Waals surface area contributed by atoms with Gasteiger partial charge in [-0.1, -0.05) is 26.0 Å². The van der Waals surface area contributed by atoms with Crippen LogP contribution < -0.4 is 4.74 Å². The molecule has 2 aromatic rings. The van der Waals surface area contributed by atoms with Crippen molar-refractivity contribution in [1.82, 2.24) is 0 Å². The van der Waals surface area contributed by atoms with Gasteiger partial charge in [0.05, 0.1) is 4.47 Å². The molecule has 0 saturated heterocycles. The van der Waals surface area contributed by atoms with Gasteiger partial charge in [0.2, 0.25) is 0 Å². The molecule has 2 aromatic carbocycles. The highest BCUT2D eigenvalue weighted by atomic mass is 79.9. The number of hydrogen-bond acceptors (Lipinski definition) is 2. The van der Waals surface area contributed by atoms with Crippen LogP contribution in [0.25, 0.3) is 0 Å². The molecule has 0 aromatic heterocycles. The summed E-state index contributed by atoms with van der Waals surface area (Å²) in [7, 11) is 0. The number of rotatable bonds is 4. The summed E-state index contributed by atoms with van der Waals surface area (Å²) in [5.41, 5.74) is 1.90. The molecule has 3 heteroatoms. The molecule has 0 N–H and O–H groups in total. The maximum absolute atomic E-state index is 11.3. The predicted molar refractivity (Wildman–Crippen MR) is 84.8 cm³/mol. The topological polar surface area (TPSA) is 26.3 Å². The van der Waals surface area contributed by atoms with E-state index < -0.39 is 0 Å². The van der Waals surface area contributed by atoms with Gasteiger partial charge in [-0.2, -0.15) is 0 Å². The molecule has 104 valence electrons. The van der Waals surface area contributed by atoms with Crippen LogP contribution in [0, 0.1) is 0 Å². The van der Waals surface area contributed by atoms with Crippen LogP contribution in [-0.2, 0) is 0 Å². The molecule has 0 atom stereocenters. The lowest BCUT2D eigenvalue weighted by atomic mass is 10.0. The molecule has 0 spiro atoms. The molecule has 0 fully saturated rings. The lowest BCUT2D eigenvalue weighted by molar-refractivity contribution is 0.101. The molecule has 2 nitrogen and oxygen atoms in total. The molecule has 0 aliphatic heterocycles. The summed E-state index contributed by atoms with van der Waals surface area (Å²) in [5.74, 6) is 2.00. The predicted octanol–water partition coefficient (Wildman–Crippen LogP) is 5.57. The Bertz CT molecular complexity index is 633. The number of benzene rings is 2. The molecule has 0 saturated carbocycles. The van der Waals surface area contributed by atoms with Crippen molar-refractivity contribution in [1.29, 1.82) is 0 Å². The number of halogens is 1. The first-order chi connectivity index (χ1) is 9.47. The Hall–Kier alpha value is -1.61. The van der Waals surface area contributed by atoms with Crippen LogP contribution in [0.5, 0.6) is 11.5 Å². The monoisotopic (exact) mass is 332 g/mol. The second kappa shape index (κ2) is 6.23. The van der Waals surface area contributed by atoms with Gasteiger partial charge in [0.15, 0.2) is 5.78 Å². The zero-order valence-corrected chi connectivity index (χ0v) is 13.4. The van der Waals surface area contributed by atoms with Gasteiger partial charge in [-0.25, -0.2) is 0 Å². The zero-order chi connectivity index (χ0) is 14.7. The second-order valence-electron chi connectivity index (χ2n) is 5.03. The lowest BCUT2D eigenvalue weighted by Crippen LogP contribution is -1.94. The SMILES string of the molecule is CC(=O)c1ccc(Oc2cccc(C(C)C)c2)c(Br)c1. The van der Waals surface area contributed by atoms with Crippen LogP contribution in [0.4, 0.5) is 0 Å². The molecular weight excluding hydrogens is 316 g/mol. The van der Waals surface area contributed by atoms with E-state index in [4.69, 9.17) is 4.74 Å². The average Bonchev–Trinajstić information content (AvgIpc) is 2.41. The van der Waals surface area contributed by atoms with E-state index in [9.17, 15) is 4.79 Å². The van der Waals surface area contributed by atoms with Crippen molar-refractivity contribution < 1.29 is 9.53 Å². The fraction of sp³-hybridized carbons (Fsp3) is 0.235. The average molecular weight is 333 g/mol. The van der Waals surface area contributed by atoms with Crippen molar-refractivity contribution in [2.24, 2.45) is 0 Å². The van der Waals surface area contributed by atoms with E-state index in [0.29, 0.717) is 17.2 Å².